The third kappa shape index (κ3) is 5.26. The standard InChI is InChI=1S/C45H30N4/c1-4-13-31(14-5-1)33-23-27-36(28-24-33)43-46-44(37-29-25-34(26-30-37)32-15-6-2-7-16-32)48-45(47-43)49-41-22-11-10-19-39(41)40-21-12-20-38(42(40)49)35-17-8-3-9-18-35/h1-30H/i3D,8D,9D,10D,11D,17D,18D,19D,22D. The molecule has 0 radical (unpaired) electrons. The highest BCUT2D eigenvalue weighted by molar-refractivity contribution is 6.13. The van der Waals surface area contributed by atoms with Crippen molar-refractivity contribution in [3.63, 3.8) is 0 Å². The van der Waals surface area contributed by atoms with Crippen LogP contribution < -0.4 is 0 Å². The Morgan fingerprint density at radius 2 is 0.898 bits per heavy atom. The molecular formula is C45H30N4. The van der Waals surface area contributed by atoms with Crippen LogP contribution in [-0.4, -0.2) is 19.5 Å². The molecule has 0 saturated heterocycles. The van der Waals surface area contributed by atoms with Gasteiger partial charge in [0.15, 0.2) is 11.6 Å². The molecule has 4 nitrogen and oxygen atoms in total. The Hall–Kier alpha value is -6.65. The number of fused-ring (bicyclic) bond motifs is 3. The number of para-hydroxylation sites is 2. The Labute approximate surface area is 297 Å². The second-order valence-corrected chi connectivity index (χ2v) is 11.4. The lowest BCUT2D eigenvalue weighted by atomic mass is 10.0. The summed E-state index contributed by atoms with van der Waals surface area (Å²) in [5, 5.41) is 0.521. The van der Waals surface area contributed by atoms with Gasteiger partial charge in [0, 0.05) is 27.5 Å². The predicted octanol–water partition coefficient (Wildman–Crippen LogP) is 11.3. The summed E-state index contributed by atoms with van der Waals surface area (Å²) >= 11 is 0. The van der Waals surface area contributed by atoms with Crippen LogP contribution in [0.25, 0.3) is 83.9 Å². The van der Waals surface area contributed by atoms with Gasteiger partial charge >= 0.3 is 0 Å². The van der Waals surface area contributed by atoms with E-state index in [0.29, 0.717) is 16.5 Å². The Kier molecular flexibility index (Phi) is 5.11. The van der Waals surface area contributed by atoms with Gasteiger partial charge in [-0.3, -0.25) is 4.57 Å². The second-order valence-electron chi connectivity index (χ2n) is 11.4. The van der Waals surface area contributed by atoms with E-state index in [1.165, 1.54) is 4.57 Å². The first-order valence-corrected chi connectivity index (χ1v) is 15.7. The largest absolute Gasteiger partial charge is 0.277 e. The molecule has 9 aromatic rings. The zero-order valence-corrected chi connectivity index (χ0v) is 25.9. The number of aromatic nitrogens is 4. The number of benzene rings is 7. The highest BCUT2D eigenvalue weighted by Crippen LogP contribution is 2.38. The van der Waals surface area contributed by atoms with E-state index in [1.54, 1.807) is 18.2 Å². The average Bonchev–Trinajstić information content (AvgIpc) is 3.63. The van der Waals surface area contributed by atoms with Crippen LogP contribution >= 0.6 is 0 Å². The van der Waals surface area contributed by atoms with Crippen molar-refractivity contribution in [3.05, 3.63) is 182 Å². The van der Waals surface area contributed by atoms with Crippen molar-refractivity contribution in [2.24, 2.45) is 0 Å². The minimum atomic E-state index is -0.547. The molecule has 0 spiro atoms. The summed E-state index contributed by atoms with van der Waals surface area (Å²) in [6, 6.07) is 36.2. The fourth-order valence-electron chi connectivity index (χ4n) is 6.16. The van der Waals surface area contributed by atoms with E-state index in [4.69, 9.17) is 25.9 Å². The summed E-state index contributed by atoms with van der Waals surface area (Å²) in [7, 11) is 0. The van der Waals surface area contributed by atoms with Gasteiger partial charge in [-0.1, -0.05) is 176 Å². The minimum absolute atomic E-state index is 0.00381. The fraction of sp³-hybridized carbons (Fsp3) is 0. The van der Waals surface area contributed by atoms with Crippen LogP contribution in [0.2, 0.25) is 0 Å². The van der Waals surface area contributed by atoms with Gasteiger partial charge in [0.2, 0.25) is 5.95 Å². The summed E-state index contributed by atoms with van der Waals surface area (Å²) in [6.07, 6.45) is 0. The molecule has 7 aromatic carbocycles. The lowest BCUT2D eigenvalue weighted by Crippen LogP contribution is -2.07. The van der Waals surface area contributed by atoms with Gasteiger partial charge in [0.25, 0.3) is 0 Å². The lowest BCUT2D eigenvalue weighted by molar-refractivity contribution is 0.954. The van der Waals surface area contributed by atoms with Crippen molar-refractivity contribution < 1.29 is 12.3 Å². The van der Waals surface area contributed by atoms with E-state index >= 15 is 0 Å². The van der Waals surface area contributed by atoms with Crippen molar-refractivity contribution >= 4 is 21.8 Å². The van der Waals surface area contributed by atoms with Gasteiger partial charge in [0.1, 0.15) is 0 Å². The molecule has 0 unspecified atom stereocenters. The minimum Gasteiger partial charge on any atom is -0.277 e. The van der Waals surface area contributed by atoms with Crippen molar-refractivity contribution in [1.82, 2.24) is 19.5 Å². The van der Waals surface area contributed by atoms with Crippen LogP contribution in [0.4, 0.5) is 0 Å². The summed E-state index contributed by atoms with van der Waals surface area (Å²) in [5.41, 5.74) is 5.73. The number of hydrogen-bond donors (Lipinski definition) is 0. The number of nitrogens with zero attached hydrogens (tertiary/aromatic N) is 4. The number of rotatable bonds is 6. The van der Waals surface area contributed by atoms with Crippen LogP contribution in [0.1, 0.15) is 12.3 Å². The molecular weight excluding hydrogens is 597 g/mol. The molecule has 0 bridgehead atoms. The molecule has 0 aliphatic carbocycles. The van der Waals surface area contributed by atoms with Gasteiger partial charge < -0.3 is 0 Å². The molecule has 0 N–H and O–H groups in total. The normalized spacial score (nSPS) is 13.8. The van der Waals surface area contributed by atoms with Crippen LogP contribution in [-0.2, 0) is 0 Å². The molecule has 2 aromatic heterocycles. The van der Waals surface area contributed by atoms with Crippen molar-refractivity contribution in [3.8, 4) is 62.1 Å². The van der Waals surface area contributed by atoms with Gasteiger partial charge in [-0.05, 0) is 33.9 Å². The van der Waals surface area contributed by atoms with E-state index in [9.17, 15) is 1.37 Å². The quantitative estimate of drug-likeness (QED) is 0.183. The highest BCUT2D eigenvalue weighted by Gasteiger charge is 2.20. The van der Waals surface area contributed by atoms with E-state index < -0.39 is 42.3 Å². The molecule has 4 heteroatoms. The van der Waals surface area contributed by atoms with E-state index in [-0.39, 0.29) is 57.2 Å². The summed E-state index contributed by atoms with van der Waals surface area (Å²) in [4.78, 5) is 14.9. The molecule has 0 amide bonds. The summed E-state index contributed by atoms with van der Waals surface area (Å²) < 4.78 is 80.1. The van der Waals surface area contributed by atoms with E-state index in [0.717, 1.165) is 22.3 Å². The number of hydrogen-bond acceptors (Lipinski definition) is 3. The van der Waals surface area contributed by atoms with Gasteiger partial charge in [-0.15, -0.1) is 0 Å². The molecule has 0 saturated carbocycles. The first-order valence-electron chi connectivity index (χ1n) is 20.2. The van der Waals surface area contributed by atoms with Crippen LogP contribution in [0.3, 0.4) is 0 Å². The van der Waals surface area contributed by atoms with Gasteiger partial charge in [-0.2, -0.15) is 9.97 Å². The molecule has 2 heterocycles. The van der Waals surface area contributed by atoms with Crippen LogP contribution in [0, 0.1) is 0 Å². The fourth-order valence-corrected chi connectivity index (χ4v) is 6.16. The smallest absolute Gasteiger partial charge is 0.238 e. The van der Waals surface area contributed by atoms with Crippen molar-refractivity contribution in [1.29, 1.82) is 0 Å². The van der Waals surface area contributed by atoms with Crippen LogP contribution in [0.15, 0.2) is 182 Å². The topological polar surface area (TPSA) is 43.6 Å². The van der Waals surface area contributed by atoms with Gasteiger partial charge in [0.05, 0.1) is 23.4 Å². The second kappa shape index (κ2) is 12.2. The first-order chi connectivity index (χ1) is 28.0. The summed E-state index contributed by atoms with van der Waals surface area (Å²) in [5.74, 6) is 0.565. The van der Waals surface area contributed by atoms with Gasteiger partial charge in [-0.25, -0.2) is 4.98 Å². The highest BCUT2D eigenvalue weighted by atomic mass is 15.2. The lowest BCUT2D eigenvalue weighted by Gasteiger charge is -2.13. The first kappa shape index (κ1) is 20.6. The molecule has 49 heavy (non-hydrogen) atoms. The van der Waals surface area contributed by atoms with Crippen LogP contribution in [0.5, 0.6) is 0 Å². The molecule has 0 aliphatic heterocycles. The molecule has 230 valence electrons. The van der Waals surface area contributed by atoms with E-state index in [1.807, 2.05) is 109 Å². The third-order valence-electron chi connectivity index (χ3n) is 8.51. The summed E-state index contributed by atoms with van der Waals surface area (Å²) in [6.45, 7) is 0. The van der Waals surface area contributed by atoms with Crippen molar-refractivity contribution in [2.75, 3.05) is 0 Å². The monoisotopic (exact) mass is 635 g/mol. The Balaban J connectivity index is 1.37. The Bertz CT molecular complexity index is 2950. The average molecular weight is 636 g/mol. The Morgan fingerprint density at radius 3 is 1.49 bits per heavy atom. The Morgan fingerprint density at radius 1 is 0.388 bits per heavy atom. The van der Waals surface area contributed by atoms with E-state index in [2.05, 4.69) is 0 Å². The third-order valence-corrected chi connectivity index (χ3v) is 8.51. The molecule has 0 atom stereocenters. The SMILES string of the molecule is [2H]c1c([2H])c([2H])c(-c2cccc3c4c([2H])c([2H])c([2H])c([2H])c4n(-c4nc(-c5ccc(-c6ccccc6)cc5)nc(-c5ccc(-c6ccccc6)cc5)n4)c23)c([2H])c1[2H]. The zero-order valence-electron chi connectivity index (χ0n) is 34.9. The maximum Gasteiger partial charge on any atom is 0.238 e. The maximum absolute atomic E-state index is 9.21. The molecule has 0 aliphatic rings. The molecule has 0 fully saturated rings. The van der Waals surface area contributed by atoms with Crippen molar-refractivity contribution in [2.45, 2.75) is 0 Å². The molecule has 9 rings (SSSR count). The predicted molar refractivity (Wildman–Crippen MR) is 201 cm³/mol. The zero-order chi connectivity index (χ0) is 40.4. The maximum atomic E-state index is 9.21.